The number of aromatic nitrogens is 1. The largest absolute Gasteiger partial charge is 0.375 e. The third kappa shape index (κ3) is 2.57. The highest BCUT2D eigenvalue weighted by molar-refractivity contribution is 5.85. The summed E-state index contributed by atoms with van der Waals surface area (Å²) in [5.74, 6) is 0. The van der Waals surface area contributed by atoms with Crippen LogP contribution >= 0.6 is 0 Å². The van der Waals surface area contributed by atoms with E-state index >= 15 is 0 Å². The van der Waals surface area contributed by atoms with Crippen LogP contribution in [-0.4, -0.2) is 10.5 Å². The number of pyridine rings is 1. The highest BCUT2D eigenvalue weighted by Gasteiger charge is 2.24. The van der Waals surface area contributed by atoms with Gasteiger partial charge in [-0.1, -0.05) is 18.2 Å². The third-order valence-corrected chi connectivity index (χ3v) is 3.27. The van der Waals surface area contributed by atoms with Crippen molar-refractivity contribution in [1.82, 2.24) is 4.98 Å². The van der Waals surface area contributed by atoms with Crippen LogP contribution in [0.2, 0.25) is 0 Å². The minimum atomic E-state index is -0.500. The molecule has 0 unspecified atom stereocenters. The van der Waals surface area contributed by atoms with Crippen molar-refractivity contribution in [2.75, 3.05) is 10.6 Å². The number of nitrogens with zero attached hydrogens (tertiary/aromatic N) is 1. The molecule has 0 amide bonds. The van der Waals surface area contributed by atoms with Crippen LogP contribution in [0.5, 0.6) is 0 Å². The van der Waals surface area contributed by atoms with Gasteiger partial charge in [-0.05, 0) is 32.9 Å². The predicted molar refractivity (Wildman–Crippen MR) is 89.8 cm³/mol. The Morgan fingerprint density at radius 3 is 2.41 bits per heavy atom. The van der Waals surface area contributed by atoms with Gasteiger partial charge in [0.2, 0.25) is 0 Å². The van der Waals surface area contributed by atoms with Crippen molar-refractivity contribution >= 4 is 28.0 Å². The number of nitrogens with one attached hydrogen (secondary N) is 2. The van der Waals surface area contributed by atoms with E-state index < -0.39 is 10.9 Å². The molecule has 0 spiro atoms. The standard InChI is InChI=1S/C17H17N3O2/c1-17(2,3)20-14-13(15(21)16(14)22)19-11-8-10-6-4-5-7-12(10)18-9-11/h4-9,19-20H,1-3H3. The average Bonchev–Trinajstić information content (AvgIpc) is 2.49. The average molecular weight is 295 g/mol. The first-order valence-electron chi connectivity index (χ1n) is 7.08. The van der Waals surface area contributed by atoms with Crippen molar-refractivity contribution < 1.29 is 0 Å². The summed E-state index contributed by atoms with van der Waals surface area (Å²) in [6.45, 7) is 5.81. The van der Waals surface area contributed by atoms with Crippen LogP contribution in [0.25, 0.3) is 10.9 Å². The minimum Gasteiger partial charge on any atom is -0.375 e. The van der Waals surface area contributed by atoms with E-state index in [1.165, 1.54) is 0 Å². The summed E-state index contributed by atoms with van der Waals surface area (Å²) in [5, 5.41) is 7.05. The van der Waals surface area contributed by atoms with Gasteiger partial charge in [0.25, 0.3) is 10.9 Å². The first-order valence-corrected chi connectivity index (χ1v) is 7.08. The molecular weight excluding hydrogens is 278 g/mol. The van der Waals surface area contributed by atoms with Crippen LogP contribution in [0.3, 0.4) is 0 Å². The van der Waals surface area contributed by atoms with Crippen LogP contribution in [0.1, 0.15) is 20.8 Å². The molecule has 3 aromatic rings. The number of anilines is 3. The lowest BCUT2D eigenvalue weighted by Crippen LogP contribution is -2.41. The van der Waals surface area contributed by atoms with Gasteiger partial charge in [0.05, 0.1) is 17.4 Å². The van der Waals surface area contributed by atoms with Gasteiger partial charge in [0, 0.05) is 10.9 Å². The Labute approximate surface area is 127 Å². The van der Waals surface area contributed by atoms with Gasteiger partial charge in [0.1, 0.15) is 11.4 Å². The lowest BCUT2D eigenvalue weighted by atomic mass is 10.1. The van der Waals surface area contributed by atoms with Gasteiger partial charge < -0.3 is 10.6 Å². The third-order valence-electron chi connectivity index (χ3n) is 3.27. The van der Waals surface area contributed by atoms with Crippen molar-refractivity contribution in [1.29, 1.82) is 0 Å². The van der Waals surface area contributed by atoms with E-state index in [1.807, 2.05) is 51.1 Å². The molecule has 2 aromatic carbocycles. The Kier molecular flexibility index (Phi) is 3.20. The van der Waals surface area contributed by atoms with E-state index in [0.29, 0.717) is 17.1 Å². The van der Waals surface area contributed by atoms with Gasteiger partial charge in [-0.25, -0.2) is 0 Å². The maximum atomic E-state index is 11.8. The Morgan fingerprint density at radius 1 is 1.00 bits per heavy atom. The van der Waals surface area contributed by atoms with Gasteiger partial charge in [-0.15, -0.1) is 0 Å². The molecule has 112 valence electrons. The highest BCUT2D eigenvalue weighted by Crippen LogP contribution is 2.24. The molecule has 3 rings (SSSR count). The summed E-state index contributed by atoms with van der Waals surface area (Å²) >= 11 is 0. The fraction of sp³-hybridized carbons (Fsp3) is 0.235. The summed E-state index contributed by atoms with van der Waals surface area (Å²) < 4.78 is 0. The lowest BCUT2D eigenvalue weighted by Gasteiger charge is -2.24. The maximum Gasteiger partial charge on any atom is 0.253 e. The second-order valence-corrected chi connectivity index (χ2v) is 6.32. The number of rotatable bonds is 3. The van der Waals surface area contributed by atoms with Crippen molar-refractivity contribution in [3.05, 3.63) is 57.0 Å². The molecule has 2 N–H and O–H groups in total. The Morgan fingerprint density at radius 2 is 1.68 bits per heavy atom. The zero-order valence-electron chi connectivity index (χ0n) is 12.7. The fourth-order valence-corrected chi connectivity index (χ4v) is 2.29. The molecule has 1 heterocycles. The molecular formula is C17H17N3O2. The Balaban J connectivity index is 1.94. The van der Waals surface area contributed by atoms with Gasteiger partial charge in [-0.3, -0.25) is 14.6 Å². The lowest BCUT2D eigenvalue weighted by molar-refractivity contribution is 0.632. The van der Waals surface area contributed by atoms with Crippen molar-refractivity contribution in [3.8, 4) is 0 Å². The van der Waals surface area contributed by atoms with Crippen LogP contribution in [0.15, 0.2) is 46.1 Å². The number of benzene rings is 1. The molecule has 1 aromatic heterocycles. The quantitative estimate of drug-likeness (QED) is 0.727. The van der Waals surface area contributed by atoms with E-state index in [1.54, 1.807) is 6.20 Å². The topological polar surface area (TPSA) is 71.1 Å². The van der Waals surface area contributed by atoms with Crippen molar-refractivity contribution in [2.45, 2.75) is 26.3 Å². The van der Waals surface area contributed by atoms with Gasteiger partial charge in [-0.2, -0.15) is 0 Å². The monoisotopic (exact) mass is 295 g/mol. The van der Waals surface area contributed by atoms with Crippen molar-refractivity contribution in [2.24, 2.45) is 0 Å². The molecule has 5 heteroatoms. The molecule has 0 aliphatic heterocycles. The van der Waals surface area contributed by atoms with Gasteiger partial charge in [0.15, 0.2) is 0 Å². The number of hydrogen-bond acceptors (Lipinski definition) is 5. The Bertz CT molecular complexity index is 916. The fourth-order valence-electron chi connectivity index (χ4n) is 2.29. The zero-order chi connectivity index (χ0) is 15.9. The van der Waals surface area contributed by atoms with E-state index in [0.717, 1.165) is 10.9 Å². The highest BCUT2D eigenvalue weighted by atomic mass is 16.2. The Hall–Kier alpha value is -2.69. The minimum absolute atomic E-state index is 0.291. The molecule has 0 aliphatic carbocycles. The summed E-state index contributed by atoms with van der Waals surface area (Å²) in [5.41, 5.74) is 0.933. The molecule has 0 radical (unpaired) electrons. The zero-order valence-corrected chi connectivity index (χ0v) is 12.7. The SMILES string of the molecule is CC(C)(C)Nc1c(Nc2cnc3ccccc3c2)c(=O)c1=O. The van der Waals surface area contributed by atoms with Crippen LogP contribution in [-0.2, 0) is 0 Å². The summed E-state index contributed by atoms with van der Waals surface area (Å²) in [6.07, 6.45) is 1.65. The van der Waals surface area contributed by atoms with E-state index in [-0.39, 0.29) is 5.54 Å². The van der Waals surface area contributed by atoms with Gasteiger partial charge >= 0.3 is 0 Å². The van der Waals surface area contributed by atoms with Crippen LogP contribution < -0.4 is 21.5 Å². The van der Waals surface area contributed by atoms with E-state index in [9.17, 15) is 9.59 Å². The first-order chi connectivity index (χ1) is 10.3. The molecule has 22 heavy (non-hydrogen) atoms. The van der Waals surface area contributed by atoms with Crippen LogP contribution in [0.4, 0.5) is 17.1 Å². The van der Waals surface area contributed by atoms with E-state index in [2.05, 4.69) is 15.6 Å². The number of hydrogen-bond donors (Lipinski definition) is 2. The number of para-hydroxylation sites is 1. The predicted octanol–water partition coefficient (Wildman–Crippen LogP) is 2.78. The first kappa shape index (κ1) is 14.3. The smallest absolute Gasteiger partial charge is 0.253 e. The molecule has 0 saturated heterocycles. The summed E-state index contributed by atoms with van der Waals surface area (Å²) in [6, 6.07) is 9.62. The molecule has 0 saturated carbocycles. The summed E-state index contributed by atoms with van der Waals surface area (Å²) in [4.78, 5) is 27.9. The second kappa shape index (κ2) is 4.94. The molecule has 0 atom stereocenters. The van der Waals surface area contributed by atoms with Crippen molar-refractivity contribution in [3.63, 3.8) is 0 Å². The molecule has 0 fully saturated rings. The normalized spacial score (nSPS) is 11.8. The number of fused-ring (bicyclic) bond motifs is 1. The second-order valence-electron chi connectivity index (χ2n) is 6.32. The molecule has 0 aliphatic rings. The summed E-state index contributed by atoms with van der Waals surface area (Å²) in [7, 11) is 0. The van der Waals surface area contributed by atoms with Crippen LogP contribution in [0, 0.1) is 0 Å². The maximum absolute atomic E-state index is 11.8. The molecule has 5 nitrogen and oxygen atoms in total. The molecule has 0 bridgehead atoms. The van der Waals surface area contributed by atoms with E-state index in [4.69, 9.17) is 0 Å².